The molecule has 98 valence electrons. The fraction of sp³-hybridized carbons (Fsp3) is 0.769. The highest BCUT2D eigenvalue weighted by Crippen LogP contribution is 2.18. The maximum absolute atomic E-state index is 5.95. The van der Waals surface area contributed by atoms with Gasteiger partial charge in [0.25, 0.3) is 0 Å². The van der Waals surface area contributed by atoms with Crippen LogP contribution >= 0.6 is 11.8 Å². The molecule has 0 aliphatic rings. The van der Waals surface area contributed by atoms with E-state index in [1.165, 1.54) is 0 Å². The molecule has 0 fully saturated rings. The van der Waals surface area contributed by atoms with E-state index in [2.05, 4.69) is 49.7 Å². The van der Waals surface area contributed by atoms with Crippen LogP contribution in [0.5, 0.6) is 0 Å². The molecule has 0 saturated heterocycles. The molecule has 0 aliphatic heterocycles. The Morgan fingerprint density at radius 3 is 2.59 bits per heavy atom. The monoisotopic (exact) mass is 255 g/mol. The molecule has 0 saturated carbocycles. The van der Waals surface area contributed by atoms with Crippen molar-refractivity contribution in [2.75, 3.05) is 5.75 Å². The third-order valence-electron chi connectivity index (χ3n) is 2.70. The molecule has 0 spiro atoms. The summed E-state index contributed by atoms with van der Waals surface area (Å²) in [6.45, 7) is 8.54. The SMILES string of the molecule is CCC(CC)n1ccc(CSCC(C)(C)N)n1. The van der Waals surface area contributed by atoms with Gasteiger partial charge in [-0.15, -0.1) is 0 Å². The molecule has 3 nitrogen and oxygen atoms in total. The second-order valence-corrected chi connectivity index (χ2v) is 6.22. The Kier molecular flexibility index (Phi) is 5.53. The maximum Gasteiger partial charge on any atom is 0.0723 e. The summed E-state index contributed by atoms with van der Waals surface area (Å²) >= 11 is 1.85. The molecule has 17 heavy (non-hydrogen) atoms. The molecule has 1 rings (SSSR count). The van der Waals surface area contributed by atoms with Crippen LogP contribution in [-0.4, -0.2) is 21.1 Å². The van der Waals surface area contributed by atoms with Crippen LogP contribution in [0, 0.1) is 0 Å². The standard InChI is InChI=1S/C13H25N3S/c1-5-12(6-2)16-8-7-11(15-16)9-17-10-13(3,4)14/h7-8,12H,5-6,9-10,14H2,1-4H3. The molecule has 1 aromatic heterocycles. The summed E-state index contributed by atoms with van der Waals surface area (Å²) in [7, 11) is 0. The third-order valence-corrected chi connectivity index (χ3v) is 4.15. The topological polar surface area (TPSA) is 43.8 Å². The van der Waals surface area contributed by atoms with E-state index in [9.17, 15) is 0 Å². The van der Waals surface area contributed by atoms with E-state index in [1.807, 2.05) is 11.8 Å². The third kappa shape index (κ3) is 5.13. The van der Waals surface area contributed by atoms with Crippen LogP contribution in [0.4, 0.5) is 0 Å². The summed E-state index contributed by atoms with van der Waals surface area (Å²) < 4.78 is 2.10. The second kappa shape index (κ2) is 6.45. The Hall–Kier alpha value is -0.480. The number of thioether (sulfide) groups is 1. The zero-order valence-electron chi connectivity index (χ0n) is 11.4. The van der Waals surface area contributed by atoms with Gasteiger partial charge in [0.15, 0.2) is 0 Å². The van der Waals surface area contributed by atoms with E-state index < -0.39 is 0 Å². The molecule has 0 aromatic carbocycles. The molecule has 2 N–H and O–H groups in total. The predicted molar refractivity (Wildman–Crippen MR) is 76.3 cm³/mol. The number of nitrogens with two attached hydrogens (primary N) is 1. The van der Waals surface area contributed by atoms with Crippen molar-refractivity contribution in [1.82, 2.24) is 9.78 Å². The summed E-state index contributed by atoms with van der Waals surface area (Å²) in [5, 5.41) is 4.63. The number of hydrogen-bond acceptors (Lipinski definition) is 3. The van der Waals surface area contributed by atoms with E-state index in [1.54, 1.807) is 0 Å². The van der Waals surface area contributed by atoms with Crippen molar-refractivity contribution in [3.63, 3.8) is 0 Å². The van der Waals surface area contributed by atoms with Crippen LogP contribution in [0.15, 0.2) is 12.3 Å². The Morgan fingerprint density at radius 2 is 2.06 bits per heavy atom. The minimum atomic E-state index is -0.0946. The summed E-state index contributed by atoms with van der Waals surface area (Å²) in [4.78, 5) is 0. The lowest BCUT2D eigenvalue weighted by atomic mass is 10.1. The van der Waals surface area contributed by atoms with Gasteiger partial charge in [-0.1, -0.05) is 13.8 Å². The average molecular weight is 255 g/mol. The quantitative estimate of drug-likeness (QED) is 0.813. The van der Waals surface area contributed by atoms with Crippen molar-refractivity contribution in [3.05, 3.63) is 18.0 Å². The number of rotatable bonds is 7. The summed E-state index contributed by atoms with van der Waals surface area (Å²) in [6, 6.07) is 2.66. The van der Waals surface area contributed by atoms with Crippen LogP contribution < -0.4 is 5.73 Å². The smallest absolute Gasteiger partial charge is 0.0723 e. The van der Waals surface area contributed by atoms with Crippen LogP contribution in [0.3, 0.4) is 0 Å². The zero-order chi connectivity index (χ0) is 12.9. The predicted octanol–water partition coefficient (Wildman–Crippen LogP) is 3.21. The average Bonchev–Trinajstić information content (AvgIpc) is 2.67. The van der Waals surface area contributed by atoms with Gasteiger partial charge in [-0.05, 0) is 32.8 Å². The Morgan fingerprint density at radius 1 is 1.41 bits per heavy atom. The normalized spacial score (nSPS) is 12.4. The van der Waals surface area contributed by atoms with Gasteiger partial charge in [0.1, 0.15) is 0 Å². The Bertz CT molecular complexity index is 324. The van der Waals surface area contributed by atoms with E-state index in [0.717, 1.165) is 30.0 Å². The van der Waals surface area contributed by atoms with Gasteiger partial charge in [-0.25, -0.2) is 0 Å². The lowest BCUT2D eigenvalue weighted by molar-refractivity contribution is 0.426. The summed E-state index contributed by atoms with van der Waals surface area (Å²) in [5.74, 6) is 1.92. The zero-order valence-corrected chi connectivity index (χ0v) is 12.3. The highest BCUT2D eigenvalue weighted by atomic mass is 32.2. The van der Waals surface area contributed by atoms with Gasteiger partial charge in [0.05, 0.1) is 11.7 Å². The van der Waals surface area contributed by atoms with Crippen molar-refractivity contribution in [2.45, 2.75) is 57.9 Å². The summed E-state index contributed by atoms with van der Waals surface area (Å²) in [5.41, 5.74) is 7.01. The fourth-order valence-electron chi connectivity index (χ4n) is 1.74. The maximum atomic E-state index is 5.95. The molecule has 0 atom stereocenters. The lowest BCUT2D eigenvalue weighted by Gasteiger charge is -2.17. The first-order chi connectivity index (χ1) is 7.96. The van der Waals surface area contributed by atoms with Gasteiger partial charge < -0.3 is 5.73 Å². The van der Waals surface area contributed by atoms with E-state index in [0.29, 0.717) is 6.04 Å². The first-order valence-electron chi connectivity index (χ1n) is 6.37. The highest BCUT2D eigenvalue weighted by Gasteiger charge is 2.12. The van der Waals surface area contributed by atoms with Crippen LogP contribution in [-0.2, 0) is 5.75 Å². The van der Waals surface area contributed by atoms with Gasteiger partial charge in [0, 0.05) is 23.2 Å². The molecule has 1 heterocycles. The first-order valence-corrected chi connectivity index (χ1v) is 7.52. The second-order valence-electron chi connectivity index (χ2n) is 5.24. The molecule has 0 bridgehead atoms. The largest absolute Gasteiger partial charge is 0.325 e. The first kappa shape index (κ1) is 14.6. The minimum absolute atomic E-state index is 0.0946. The highest BCUT2D eigenvalue weighted by molar-refractivity contribution is 7.98. The fourth-order valence-corrected chi connectivity index (χ4v) is 2.73. The van der Waals surface area contributed by atoms with E-state index in [4.69, 9.17) is 5.73 Å². The molecule has 0 unspecified atom stereocenters. The number of hydrogen-bond donors (Lipinski definition) is 1. The van der Waals surface area contributed by atoms with Crippen molar-refractivity contribution in [2.24, 2.45) is 5.73 Å². The van der Waals surface area contributed by atoms with Gasteiger partial charge in [-0.2, -0.15) is 16.9 Å². The van der Waals surface area contributed by atoms with Gasteiger partial charge >= 0.3 is 0 Å². The molecule has 0 radical (unpaired) electrons. The van der Waals surface area contributed by atoms with Gasteiger partial charge in [-0.3, -0.25) is 4.68 Å². The van der Waals surface area contributed by atoms with E-state index in [-0.39, 0.29) is 5.54 Å². The minimum Gasteiger partial charge on any atom is -0.325 e. The van der Waals surface area contributed by atoms with Crippen molar-refractivity contribution in [3.8, 4) is 0 Å². The van der Waals surface area contributed by atoms with Crippen molar-refractivity contribution in [1.29, 1.82) is 0 Å². The molecular formula is C13H25N3S. The number of nitrogens with zero attached hydrogens (tertiary/aromatic N) is 2. The molecule has 4 heteroatoms. The summed E-state index contributed by atoms with van der Waals surface area (Å²) in [6.07, 6.45) is 4.38. The van der Waals surface area contributed by atoms with Crippen LogP contribution in [0.25, 0.3) is 0 Å². The molecule has 0 aliphatic carbocycles. The van der Waals surface area contributed by atoms with Crippen molar-refractivity contribution < 1.29 is 0 Å². The lowest BCUT2D eigenvalue weighted by Crippen LogP contribution is -2.34. The Balaban J connectivity index is 2.46. The van der Waals surface area contributed by atoms with Crippen molar-refractivity contribution >= 4 is 11.8 Å². The number of aromatic nitrogens is 2. The Labute approximate surface area is 109 Å². The van der Waals surface area contributed by atoms with Gasteiger partial charge in [0.2, 0.25) is 0 Å². The molecule has 0 amide bonds. The van der Waals surface area contributed by atoms with Crippen LogP contribution in [0.1, 0.15) is 52.3 Å². The van der Waals surface area contributed by atoms with E-state index >= 15 is 0 Å². The molecule has 1 aromatic rings. The van der Waals surface area contributed by atoms with Crippen LogP contribution in [0.2, 0.25) is 0 Å². The molecular weight excluding hydrogens is 230 g/mol.